The highest BCUT2D eigenvalue weighted by Crippen LogP contribution is 2.47. The van der Waals surface area contributed by atoms with Crippen molar-refractivity contribution in [2.24, 2.45) is 0 Å². The summed E-state index contributed by atoms with van der Waals surface area (Å²) in [6.07, 6.45) is -0.463. The average molecular weight is 332 g/mol. The number of aliphatic carboxylic acids is 1. The van der Waals surface area contributed by atoms with Crippen LogP contribution in [0.5, 0.6) is 0 Å². The molecule has 1 N–H and O–H groups in total. The molecule has 1 spiro atoms. The molecular weight excluding hydrogens is 312 g/mol. The fourth-order valence-electron chi connectivity index (χ4n) is 3.26. The quantitative estimate of drug-likeness (QED) is 0.889. The summed E-state index contributed by atoms with van der Waals surface area (Å²) in [5, 5.41) is 9.07. The number of hydrogen-bond donors (Lipinski definition) is 1. The fourth-order valence-corrected chi connectivity index (χ4v) is 3.26. The molecule has 1 aromatic carbocycles. The number of amides is 2. The van der Waals surface area contributed by atoms with E-state index in [9.17, 15) is 14.4 Å². The molecule has 0 radical (unpaired) electrons. The first kappa shape index (κ1) is 16.3. The van der Waals surface area contributed by atoms with Crippen LogP contribution in [0.25, 0.3) is 0 Å². The minimum absolute atomic E-state index is 0.202. The normalized spacial score (nSPS) is 18.4. The topological polar surface area (TPSA) is 87.2 Å². The van der Waals surface area contributed by atoms with Crippen LogP contribution in [0.4, 0.5) is 10.5 Å². The van der Waals surface area contributed by atoms with Crippen LogP contribution in [0.15, 0.2) is 24.3 Å². The number of rotatable bonds is 2. The Labute approximate surface area is 139 Å². The lowest BCUT2D eigenvalue weighted by Gasteiger charge is -2.46. The summed E-state index contributed by atoms with van der Waals surface area (Å²) in [7, 11) is 0. The van der Waals surface area contributed by atoms with E-state index in [0.29, 0.717) is 5.69 Å². The molecule has 2 aliphatic rings. The number of para-hydroxylation sites is 1. The van der Waals surface area contributed by atoms with E-state index < -0.39 is 23.1 Å². The summed E-state index contributed by atoms with van der Waals surface area (Å²) in [6.45, 7) is 5.37. The molecule has 0 aromatic heterocycles. The van der Waals surface area contributed by atoms with Gasteiger partial charge in [-0.3, -0.25) is 9.59 Å². The van der Waals surface area contributed by atoms with Crippen molar-refractivity contribution in [2.45, 2.75) is 31.8 Å². The van der Waals surface area contributed by atoms with Gasteiger partial charge in [0.15, 0.2) is 0 Å². The van der Waals surface area contributed by atoms with Gasteiger partial charge in [0.25, 0.3) is 0 Å². The van der Waals surface area contributed by atoms with Crippen LogP contribution >= 0.6 is 0 Å². The Morgan fingerprint density at radius 3 is 2.46 bits per heavy atom. The molecule has 3 rings (SSSR count). The standard InChI is InChI=1S/C17H20N2O5/c1-16(2,3)24-15(23)18-9-17(10-18)11-6-4-5-7-12(11)19(14(17)22)8-13(20)21/h4-7H,8-10H2,1-3H3,(H,20,21). The number of carboxylic acid groups (broad SMARTS) is 1. The van der Waals surface area contributed by atoms with E-state index in [4.69, 9.17) is 9.84 Å². The molecule has 0 aliphatic carbocycles. The SMILES string of the molecule is CC(C)(C)OC(=O)N1CC2(C1)C(=O)N(CC(=O)O)c1ccccc12. The third kappa shape index (κ3) is 2.50. The maximum absolute atomic E-state index is 12.8. The maximum Gasteiger partial charge on any atom is 0.410 e. The second-order valence-electron chi connectivity index (χ2n) is 7.22. The zero-order valence-corrected chi connectivity index (χ0v) is 13.9. The smallest absolute Gasteiger partial charge is 0.410 e. The van der Waals surface area contributed by atoms with E-state index in [1.165, 1.54) is 9.80 Å². The van der Waals surface area contributed by atoms with Crippen LogP contribution in [0.1, 0.15) is 26.3 Å². The van der Waals surface area contributed by atoms with Gasteiger partial charge in [0.1, 0.15) is 17.6 Å². The first-order valence-electron chi connectivity index (χ1n) is 7.75. The highest BCUT2D eigenvalue weighted by molar-refractivity contribution is 6.11. The number of carbonyl (C=O) groups excluding carboxylic acids is 2. The van der Waals surface area contributed by atoms with Crippen LogP contribution in [0.3, 0.4) is 0 Å². The van der Waals surface area contributed by atoms with Gasteiger partial charge in [-0.2, -0.15) is 0 Å². The van der Waals surface area contributed by atoms with Crippen molar-refractivity contribution in [3.8, 4) is 0 Å². The number of nitrogens with zero attached hydrogens (tertiary/aromatic N) is 2. The lowest BCUT2D eigenvalue weighted by Crippen LogP contribution is -2.65. The van der Waals surface area contributed by atoms with Gasteiger partial charge in [0.2, 0.25) is 5.91 Å². The molecule has 7 heteroatoms. The predicted octanol–water partition coefficient (Wildman–Crippen LogP) is 1.61. The molecule has 0 atom stereocenters. The van der Waals surface area contributed by atoms with Gasteiger partial charge in [-0.1, -0.05) is 18.2 Å². The highest BCUT2D eigenvalue weighted by Gasteiger charge is 2.59. The second-order valence-corrected chi connectivity index (χ2v) is 7.22. The van der Waals surface area contributed by atoms with E-state index in [2.05, 4.69) is 0 Å². The van der Waals surface area contributed by atoms with Crippen molar-refractivity contribution in [3.05, 3.63) is 29.8 Å². The molecular formula is C17H20N2O5. The van der Waals surface area contributed by atoms with Crippen LogP contribution in [-0.2, 0) is 19.7 Å². The molecule has 7 nitrogen and oxygen atoms in total. The van der Waals surface area contributed by atoms with Gasteiger partial charge in [-0.05, 0) is 32.4 Å². The molecule has 1 saturated heterocycles. The maximum atomic E-state index is 12.8. The number of ether oxygens (including phenoxy) is 1. The lowest BCUT2D eigenvalue weighted by atomic mass is 9.75. The number of carboxylic acids is 1. The second kappa shape index (κ2) is 5.22. The highest BCUT2D eigenvalue weighted by atomic mass is 16.6. The molecule has 0 saturated carbocycles. The zero-order valence-electron chi connectivity index (χ0n) is 13.9. The van der Waals surface area contributed by atoms with E-state index in [1.54, 1.807) is 32.9 Å². The third-order valence-corrected chi connectivity index (χ3v) is 4.23. The minimum Gasteiger partial charge on any atom is -0.480 e. The minimum atomic E-state index is -1.07. The molecule has 2 aliphatic heterocycles. The molecule has 128 valence electrons. The average Bonchev–Trinajstić information content (AvgIpc) is 2.65. The van der Waals surface area contributed by atoms with Crippen molar-refractivity contribution < 1.29 is 24.2 Å². The molecule has 24 heavy (non-hydrogen) atoms. The Morgan fingerprint density at radius 2 is 1.88 bits per heavy atom. The van der Waals surface area contributed by atoms with E-state index >= 15 is 0 Å². The van der Waals surface area contributed by atoms with Crippen molar-refractivity contribution in [2.75, 3.05) is 24.5 Å². The molecule has 2 amide bonds. The van der Waals surface area contributed by atoms with Crippen LogP contribution < -0.4 is 4.90 Å². The zero-order chi connectivity index (χ0) is 17.7. The summed E-state index contributed by atoms with van der Waals surface area (Å²) < 4.78 is 5.33. The van der Waals surface area contributed by atoms with Crippen molar-refractivity contribution >= 4 is 23.7 Å². The van der Waals surface area contributed by atoms with E-state index in [-0.39, 0.29) is 25.5 Å². The third-order valence-electron chi connectivity index (χ3n) is 4.23. The summed E-state index contributed by atoms with van der Waals surface area (Å²) in [5.41, 5.74) is -0.0831. The van der Waals surface area contributed by atoms with Gasteiger partial charge in [-0.15, -0.1) is 0 Å². The summed E-state index contributed by atoms with van der Waals surface area (Å²) in [6, 6.07) is 7.14. The van der Waals surface area contributed by atoms with Crippen molar-refractivity contribution in [1.82, 2.24) is 4.90 Å². The van der Waals surface area contributed by atoms with E-state index in [0.717, 1.165) is 5.56 Å². The van der Waals surface area contributed by atoms with Crippen molar-refractivity contribution in [3.63, 3.8) is 0 Å². The summed E-state index contributed by atoms with van der Waals surface area (Å²) in [5.74, 6) is -1.34. The van der Waals surface area contributed by atoms with Gasteiger partial charge in [0, 0.05) is 18.8 Å². The van der Waals surface area contributed by atoms with E-state index in [1.807, 2.05) is 12.1 Å². The predicted molar refractivity (Wildman–Crippen MR) is 85.9 cm³/mol. The molecule has 1 aromatic rings. The van der Waals surface area contributed by atoms with Crippen LogP contribution in [-0.4, -0.2) is 53.2 Å². The Kier molecular flexibility index (Phi) is 3.55. The molecule has 1 fully saturated rings. The van der Waals surface area contributed by atoms with Crippen molar-refractivity contribution in [1.29, 1.82) is 0 Å². The van der Waals surface area contributed by atoms with Gasteiger partial charge < -0.3 is 19.6 Å². The number of anilines is 1. The fraction of sp³-hybridized carbons (Fsp3) is 0.471. The first-order valence-corrected chi connectivity index (χ1v) is 7.75. The Hall–Kier alpha value is -2.57. The number of hydrogen-bond acceptors (Lipinski definition) is 4. The monoisotopic (exact) mass is 332 g/mol. The van der Waals surface area contributed by atoms with Crippen LogP contribution in [0.2, 0.25) is 0 Å². The number of likely N-dealkylation sites (tertiary alicyclic amines) is 1. The Bertz CT molecular complexity index is 716. The molecule has 0 bridgehead atoms. The summed E-state index contributed by atoms with van der Waals surface area (Å²) in [4.78, 5) is 38.8. The van der Waals surface area contributed by atoms with Gasteiger partial charge >= 0.3 is 12.1 Å². The van der Waals surface area contributed by atoms with Crippen LogP contribution in [0, 0.1) is 0 Å². The Balaban J connectivity index is 1.84. The number of fused-ring (bicyclic) bond motifs is 2. The van der Waals surface area contributed by atoms with Gasteiger partial charge in [0.05, 0.1) is 0 Å². The number of benzene rings is 1. The molecule has 0 unspecified atom stereocenters. The number of carbonyl (C=O) groups is 3. The lowest BCUT2D eigenvalue weighted by molar-refractivity contribution is -0.138. The Morgan fingerprint density at radius 1 is 1.25 bits per heavy atom. The van der Waals surface area contributed by atoms with Gasteiger partial charge in [-0.25, -0.2) is 4.79 Å². The largest absolute Gasteiger partial charge is 0.480 e. The summed E-state index contributed by atoms with van der Waals surface area (Å²) >= 11 is 0. The molecule has 2 heterocycles. The first-order chi connectivity index (χ1) is 11.1.